The molecule has 1 amide bonds. The van der Waals surface area contributed by atoms with Crippen LogP contribution in [0.1, 0.15) is 37.8 Å². The standard InChI is InChI=1S/C22H29NO3/c1-3-5-16-26-21-10-6-18(7-11-21)14-15-23-22(24)17-19-8-12-20(13-9-19)25-4-2/h6-13H,3-5,14-17H2,1-2H3,(H,23,24). The Hall–Kier alpha value is -2.49. The highest BCUT2D eigenvalue weighted by Gasteiger charge is 2.04. The molecule has 140 valence electrons. The largest absolute Gasteiger partial charge is 0.494 e. The van der Waals surface area contributed by atoms with E-state index in [1.165, 1.54) is 5.56 Å². The third-order valence-electron chi connectivity index (χ3n) is 4.02. The molecule has 0 radical (unpaired) electrons. The number of carbonyl (C=O) groups is 1. The lowest BCUT2D eigenvalue weighted by Crippen LogP contribution is -2.27. The molecule has 0 heterocycles. The van der Waals surface area contributed by atoms with Gasteiger partial charge in [-0.2, -0.15) is 0 Å². The number of amides is 1. The Morgan fingerprint density at radius 2 is 1.50 bits per heavy atom. The van der Waals surface area contributed by atoms with Crippen molar-refractivity contribution in [3.05, 3.63) is 59.7 Å². The highest BCUT2D eigenvalue weighted by molar-refractivity contribution is 5.78. The summed E-state index contributed by atoms with van der Waals surface area (Å²) in [4.78, 5) is 12.1. The van der Waals surface area contributed by atoms with E-state index in [9.17, 15) is 4.79 Å². The molecule has 0 saturated carbocycles. The topological polar surface area (TPSA) is 47.6 Å². The number of ether oxygens (including phenoxy) is 2. The highest BCUT2D eigenvalue weighted by Crippen LogP contribution is 2.14. The van der Waals surface area contributed by atoms with Crippen molar-refractivity contribution in [1.82, 2.24) is 5.32 Å². The molecule has 0 aliphatic carbocycles. The predicted molar refractivity (Wildman–Crippen MR) is 105 cm³/mol. The third-order valence-corrected chi connectivity index (χ3v) is 4.02. The van der Waals surface area contributed by atoms with Gasteiger partial charge < -0.3 is 14.8 Å². The molecule has 0 spiro atoms. The zero-order valence-electron chi connectivity index (χ0n) is 15.8. The van der Waals surface area contributed by atoms with E-state index in [0.29, 0.717) is 19.6 Å². The Bertz CT molecular complexity index is 650. The summed E-state index contributed by atoms with van der Waals surface area (Å²) in [7, 11) is 0. The second-order valence-electron chi connectivity index (χ2n) is 6.20. The molecule has 26 heavy (non-hydrogen) atoms. The zero-order valence-corrected chi connectivity index (χ0v) is 15.8. The van der Waals surface area contributed by atoms with Gasteiger partial charge in [-0.05, 0) is 55.2 Å². The predicted octanol–water partition coefficient (Wildman–Crippen LogP) is 4.17. The number of unbranched alkanes of at least 4 members (excludes halogenated alkanes) is 1. The molecular formula is C22H29NO3. The van der Waals surface area contributed by atoms with Gasteiger partial charge in [0.05, 0.1) is 19.6 Å². The fourth-order valence-electron chi connectivity index (χ4n) is 2.55. The van der Waals surface area contributed by atoms with Crippen LogP contribution < -0.4 is 14.8 Å². The van der Waals surface area contributed by atoms with E-state index in [2.05, 4.69) is 24.4 Å². The molecule has 0 unspecified atom stereocenters. The zero-order chi connectivity index (χ0) is 18.6. The molecule has 0 aliphatic rings. The molecule has 2 rings (SSSR count). The summed E-state index contributed by atoms with van der Waals surface area (Å²) in [6.45, 7) is 6.14. The Morgan fingerprint density at radius 3 is 2.12 bits per heavy atom. The number of nitrogens with one attached hydrogen (secondary N) is 1. The molecule has 0 fully saturated rings. The van der Waals surface area contributed by atoms with Crippen LogP contribution in [0.4, 0.5) is 0 Å². The minimum absolute atomic E-state index is 0.0358. The highest BCUT2D eigenvalue weighted by atomic mass is 16.5. The maximum Gasteiger partial charge on any atom is 0.224 e. The van der Waals surface area contributed by atoms with Gasteiger partial charge in [0.25, 0.3) is 0 Å². The molecule has 0 aromatic heterocycles. The molecule has 0 atom stereocenters. The van der Waals surface area contributed by atoms with Crippen LogP contribution in [-0.2, 0) is 17.6 Å². The first-order valence-corrected chi connectivity index (χ1v) is 9.41. The first kappa shape index (κ1) is 19.8. The van der Waals surface area contributed by atoms with Gasteiger partial charge in [-0.25, -0.2) is 0 Å². The van der Waals surface area contributed by atoms with Gasteiger partial charge in [0.1, 0.15) is 11.5 Å². The second-order valence-corrected chi connectivity index (χ2v) is 6.20. The van der Waals surface area contributed by atoms with Crippen LogP contribution in [-0.4, -0.2) is 25.7 Å². The van der Waals surface area contributed by atoms with Gasteiger partial charge >= 0.3 is 0 Å². The maximum absolute atomic E-state index is 12.1. The Morgan fingerprint density at radius 1 is 0.885 bits per heavy atom. The Balaban J connectivity index is 1.69. The normalized spacial score (nSPS) is 10.4. The van der Waals surface area contributed by atoms with Crippen molar-refractivity contribution < 1.29 is 14.3 Å². The van der Waals surface area contributed by atoms with Crippen molar-refractivity contribution in [2.45, 2.75) is 39.5 Å². The molecule has 4 heteroatoms. The third kappa shape index (κ3) is 7.18. The number of rotatable bonds is 11. The van der Waals surface area contributed by atoms with E-state index in [1.54, 1.807) is 0 Å². The van der Waals surface area contributed by atoms with Crippen LogP contribution in [0, 0.1) is 0 Å². The van der Waals surface area contributed by atoms with Crippen LogP contribution in [0.15, 0.2) is 48.5 Å². The molecule has 4 nitrogen and oxygen atoms in total. The minimum Gasteiger partial charge on any atom is -0.494 e. The lowest BCUT2D eigenvalue weighted by molar-refractivity contribution is -0.120. The number of hydrogen-bond acceptors (Lipinski definition) is 3. The van der Waals surface area contributed by atoms with E-state index in [1.807, 2.05) is 43.3 Å². The van der Waals surface area contributed by atoms with E-state index in [0.717, 1.165) is 42.9 Å². The molecule has 1 N–H and O–H groups in total. The smallest absolute Gasteiger partial charge is 0.224 e. The lowest BCUT2D eigenvalue weighted by Gasteiger charge is -2.08. The van der Waals surface area contributed by atoms with Gasteiger partial charge in [-0.1, -0.05) is 37.6 Å². The van der Waals surface area contributed by atoms with E-state index < -0.39 is 0 Å². The van der Waals surface area contributed by atoms with Crippen molar-refractivity contribution in [1.29, 1.82) is 0 Å². The van der Waals surface area contributed by atoms with Gasteiger partial charge in [-0.15, -0.1) is 0 Å². The fraction of sp³-hybridized carbons (Fsp3) is 0.409. The quantitative estimate of drug-likeness (QED) is 0.616. The first-order valence-electron chi connectivity index (χ1n) is 9.41. The summed E-state index contributed by atoms with van der Waals surface area (Å²) in [5, 5.41) is 2.97. The van der Waals surface area contributed by atoms with Crippen molar-refractivity contribution in [2.75, 3.05) is 19.8 Å². The van der Waals surface area contributed by atoms with Crippen molar-refractivity contribution >= 4 is 5.91 Å². The minimum atomic E-state index is 0.0358. The summed E-state index contributed by atoms with van der Waals surface area (Å²) in [5.74, 6) is 1.77. The summed E-state index contributed by atoms with van der Waals surface area (Å²) in [5.41, 5.74) is 2.17. The second kappa shape index (κ2) is 11.2. The van der Waals surface area contributed by atoms with Gasteiger partial charge in [0, 0.05) is 6.54 Å². The fourth-order valence-corrected chi connectivity index (χ4v) is 2.55. The van der Waals surface area contributed by atoms with Crippen LogP contribution in [0.5, 0.6) is 11.5 Å². The van der Waals surface area contributed by atoms with Gasteiger partial charge in [0.15, 0.2) is 0 Å². The average Bonchev–Trinajstić information content (AvgIpc) is 2.65. The lowest BCUT2D eigenvalue weighted by atomic mass is 10.1. The monoisotopic (exact) mass is 355 g/mol. The summed E-state index contributed by atoms with van der Waals surface area (Å²) < 4.78 is 11.1. The number of benzene rings is 2. The van der Waals surface area contributed by atoms with Crippen molar-refractivity contribution in [3.8, 4) is 11.5 Å². The number of hydrogen-bond donors (Lipinski definition) is 1. The molecule has 0 aliphatic heterocycles. The summed E-state index contributed by atoms with van der Waals surface area (Å²) in [6.07, 6.45) is 3.40. The van der Waals surface area contributed by atoms with Crippen LogP contribution in [0.3, 0.4) is 0 Å². The Kier molecular flexibility index (Phi) is 8.53. The van der Waals surface area contributed by atoms with Gasteiger partial charge in [-0.3, -0.25) is 4.79 Å². The molecule has 0 saturated heterocycles. The molecule has 0 bridgehead atoms. The SMILES string of the molecule is CCCCOc1ccc(CCNC(=O)Cc2ccc(OCC)cc2)cc1. The number of carbonyl (C=O) groups excluding carboxylic acids is 1. The average molecular weight is 355 g/mol. The first-order chi connectivity index (χ1) is 12.7. The van der Waals surface area contributed by atoms with Gasteiger partial charge in [0.2, 0.25) is 5.91 Å². The summed E-state index contributed by atoms with van der Waals surface area (Å²) in [6, 6.07) is 15.8. The van der Waals surface area contributed by atoms with E-state index in [-0.39, 0.29) is 5.91 Å². The van der Waals surface area contributed by atoms with Crippen LogP contribution in [0.25, 0.3) is 0 Å². The van der Waals surface area contributed by atoms with Crippen molar-refractivity contribution in [2.24, 2.45) is 0 Å². The van der Waals surface area contributed by atoms with Crippen molar-refractivity contribution in [3.63, 3.8) is 0 Å². The van der Waals surface area contributed by atoms with Crippen LogP contribution >= 0.6 is 0 Å². The molecular weight excluding hydrogens is 326 g/mol. The molecule has 2 aromatic carbocycles. The summed E-state index contributed by atoms with van der Waals surface area (Å²) >= 11 is 0. The maximum atomic E-state index is 12.1. The molecule has 2 aromatic rings. The van der Waals surface area contributed by atoms with E-state index in [4.69, 9.17) is 9.47 Å². The van der Waals surface area contributed by atoms with E-state index >= 15 is 0 Å². The Labute approximate surface area is 156 Å². The van der Waals surface area contributed by atoms with Crippen LogP contribution in [0.2, 0.25) is 0 Å².